The highest BCUT2D eigenvalue weighted by atomic mass is 16.5. The molecule has 0 aromatic heterocycles. The van der Waals surface area contributed by atoms with Crippen LogP contribution in [0, 0.1) is 11.8 Å². The zero-order valence-corrected chi connectivity index (χ0v) is 10.3. The third kappa shape index (κ3) is 2.03. The molecule has 4 nitrogen and oxygen atoms in total. The van der Waals surface area contributed by atoms with Crippen molar-refractivity contribution in [2.24, 2.45) is 11.8 Å². The second-order valence-corrected chi connectivity index (χ2v) is 4.90. The molecule has 1 fully saturated rings. The summed E-state index contributed by atoms with van der Waals surface area (Å²) in [6.45, 7) is 1.10. The second kappa shape index (κ2) is 4.52. The van der Waals surface area contributed by atoms with Crippen molar-refractivity contribution in [2.75, 3.05) is 20.3 Å². The normalized spacial score (nSPS) is 26.2. The van der Waals surface area contributed by atoms with Gasteiger partial charge in [-0.15, -0.1) is 0 Å². The number of hydrogen-bond acceptors (Lipinski definition) is 4. The van der Waals surface area contributed by atoms with Crippen molar-refractivity contribution in [1.29, 1.82) is 0 Å². The van der Waals surface area contributed by atoms with Gasteiger partial charge in [-0.3, -0.25) is 4.79 Å². The van der Waals surface area contributed by atoms with E-state index in [1.165, 1.54) is 0 Å². The van der Waals surface area contributed by atoms with Crippen LogP contribution in [-0.4, -0.2) is 26.3 Å². The van der Waals surface area contributed by atoms with Gasteiger partial charge in [0.2, 0.25) is 0 Å². The third-order valence-electron chi connectivity index (χ3n) is 3.76. The minimum atomic E-state index is -0.108. The zero-order valence-electron chi connectivity index (χ0n) is 10.3. The predicted molar refractivity (Wildman–Crippen MR) is 64.7 cm³/mol. The highest BCUT2D eigenvalue weighted by Crippen LogP contribution is 2.35. The summed E-state index contributed by atoms with van der Waals surface area (Å²) >= 11 is 0. The van der Waals surface area contributed by atoms with Gasteiger partial charge in [-0.1, -0.05) is 0 Å². The van der Waals surface area contributed by atoms with Gasteiger partial charge in [-0.25, -0.2) is 0 Å². The summed E-state index contributed by atoms with van der Waals surface area (Å²) in [4.78, 5) is 11.3. The highest BCUT2D eigenvalue weighted by Gasteiger charge is 2.34. The molecule has 2 aliphatic heterocycles. The van der Waals surface area contributed by atoms with Crippen LogP contribution in [-0.2, 0) is 16.0 Å². The molecule has 1 aromatic carbocycles. The van der Waals surface area contributed by atoms with Gasteiger partial charge in [0.15, 0.2) is 0 Å². The third-order valence-corrected chi connectivity index (χ3v) is 3.76. The first-order valence-corrected chi connectivity index (χ1v) is 6.21. The topological polar surface area (TPSA) is 44.8 Å². The average molecular weight is 248 g/mol. The van der Waals surface area contributed by atoms with Crippen LogP contribution in [0.2, 0.25) is 0 Å². The van der Waals surface area contributed by atoms with Gasteiger partial charge in [0.25, 0.3) is 0 Å². The van der Waals surface area contributed by atoms with Crippen molar-refractivity contribution in [3.8, 4) is 11.5 Å². The largest absolute Gasteiger partial charge is 0.497 e. The Morgan fingerprint density at radius 3 is 2.78 bits per heavy atom. The molecule has 0 saturated carbocycles. The molecule has 0 N–H and O–H groups in total. The lowest BCUT2D eigenvalue weighted by atomic mass is 9.85. The fraction of sp³-hybridized carbons (Fsp3) is 0.500. The molecule has 0 amide bonds. The van der Waals surface area contributed by atoms with E-state index < -0.39 is 0 Å². The molecule has 1 aromatic rings. The molecular weight excluding hydrogens is 232 g/mol. The summed E-state index contributed by atoms with van der Waals surface area (Å²) in [7, 11) is 1.66. The molecule has 1 saturated heterocycles. The maximum absolute atomic E-state index is 11.3. The number of benzene rings is 1. The standard InChI is InChI=1S/C14H16O4/c1-16-12-2-3-13-9(5-12)4-10-8-18-14(15)6-11(10)7-17-13/h2-3,5,10-11H,4,6-8H2,1H3/t10-,11+/m0/s1. The number of cyclic esters (lactones) is 1. The fourth-order valence-corrected chi connectivity index (χ4v) is 2.66. The summed E-state index contributed by atoms with van der Waals surface area (Å²) in [5, 5.41) is 0. The second-order valence-electron chi connectivity index (χ2n) is 4.90. The van der Waals surface area contributed by atoms with Gasteiger partial charge >= 0.3 is 5.97 Å². The van der Waals surface area contributed by atoms with Gasteiger partial charge in [0.05, 0.1) is 26.7 Å². The van der Waals surface area contributed by atoms with E-state index >= 15 is 0 Å². The van der Waals surface area contributed by atoms with Gasteiger partial charge in [-0.2, -0.15) is 0 Å². The van der Waals surface area contributed by atoms with E-state index in [0.717, 1.165) is 23.5 Å². The number of methoxy groups -OCH3 is 1. The summed E-state index contributed by atoms with van der Waals surface area (Å²) in [5.74, 6) is 2.25. The van der Waals surface area contributed by atoms with Gasteiger partial charge < -0.3 is 14.2 Å². The molecular formula is C14H16O4. The van der Waals surface area contributed by atoms with E-state index in [1.54, 1.807) is 7.11 Å². The zero-order chi connectivity index (χ0) is 12.5. The van der Waals surface area contributed by atoms with E-state index in [1.807, 2.05) is 18.2 Å². The van der Waals surface area contributed by atoms with Crippen LogP contribution in [0.1, 0.15) is 12.0 Å². The SMILES string of the molecule is COc1ccc2c(c1)C[C@H]1COC(=O)C[C@@H]1CO2. The van der Waals surface area contributed by atoms with Gasteiger partial charge in [0, 0.05) is 11.8 Å². The number of esters is 1. The monoisotopic (exact) mass is 248 g/mol. The summed E-state index contributed by atoms with van der Waals surface area (Å²) in [5.41, 5.74) is 1.14. The molecule has 0 aliphatic carbocycles. The predicted octanol–water partition coefficient (Wildman–Crippen LogP) is 1.81. The van der Waals surface area contributed by atoms with Crippen LogP contribution in [0.3, 0.4) is 0 Å². The summed E-state index contributed by atoms with van der Waals surface area (Å²) in [6.07, 6.45) is 1.35. The molecule has 96 valence electrons. The Morgan fingerprint density at radius 2 is 1.94 bits per heavy atom. The fourth-order valence-electron chi connectivity index (χ4n) is 2.66. The number of hydrogen-bond donors (Lipinski definition) is 0. The van der Waals surface area contributed by atoms with E-state index in [2.05, 4.69) is 0 Å². The molecule has 4 heteroatoms. The van der Waals surface area contributed by atoms with Crippen molar-refractivity contribution in [3.05, 3.63) is 23.8 Å². The maximum atomic E-state index is 11.3. The first-order valence-electron chi connectivity index (χ1n) is 6.21. The van der Waals surface area contributed by atoms with Crippen LogP contribution in [0.15, 0.2) is 18.2 Å². The van der Waals surface area contributed by atoms with Crippen LogP contribution in [0.5, 0.6) is 11.5 Å². The number of ether oxygens (including phenoxy) is 3. The van der Waals surface area contributed by atoms with Crippen molar-refractivity contribution in [3.63, 3.8) is 0 Å². The molecule has 2 atom stereocenters. The molecule has 18 heavy (non-hydrogen) atoms. The Hall–Kier alpha value is -1.71. The van der Waals surface area contributed by atoms with Crippen LogP contribution in [0.4, 0.5) is 0 Å². The smallest absolute Gasteiger partial charge is 0.306 e. The Kier molecular flexibility index (Phi) is 2.86. The molecule has 0 unspecified atom stereocenters. The lowest BCUT2D eigenvalue weighted by Gasteiger charge is -2.28. The first-order chi connectivity index (χ1) is 8.76. The van der Waals surface area contributed by atoms with Crippen LogP contribution >= 0.6 is 0 Å². The molecule has 2 heterocycles. The van der Waals surface area contributed by atoms with Crippen molar-refractivity contribution in [2.45, 2.75) is 12.8 Å². The number of fused-ring (bicyclic) bond motifs is 2. The molecule has 0 bridgehead atoms. The van der Waals surface area contributed by atoms with Crippen LogP contribution in [0.25, 0.3) is 0 Å². The van der Waals surface area contributed by atoms with Crippen molar-refractivity contribution >= 4 is 5.97 Å². The lowest BCUT2D eigenvalue weighted by Crippen LogP contribution is -2.34. The van der Waals surface area contributed by atoms with E-state index in [0.29, 0.717) is 25.6 Å². The molecule has 0 spiro atoms. The average Bonchev–Trinajstić information content (AvgIpc) is 2.56. The maximum Gasteiger partial charge on any atom is 0.306 e. The van der Waals surface area contributed by atoms with E-state index in [9.17, 15) is 4.79 Å². The van der Waals surface area contributed by atoms with Crippen molar-refractivity contribution < 1.29 is 19.0 Å². The Balaban J connectivity index is 1.87. The van der Waals surface area contributed by atoms with E-state index in [4.69, 9.17) is 14.2 Å². The lowest BCUT2D eigenvalue weighted by molar-refractivity contribution is -0.153. The minimum absolute atomic E-state index is 0.108. The Morgan fingerprint density at radius 1 is 1.17 bits per heavy atom. The number of rotatable bonds is 1. The molecule has 2 aliphatic rings. The Labute approximate surface area is 106 Å². The van der Waals surface area contributed by atoms with Gasteiger partial charge in [0.1, 0.15) is 11.5 Å². The number of carbonyl (C=O) groups excluding carboxylic acids is 1. The molecule has 3 rings (SSSR count). The number of carbonyl (C=O) groups is 1. The summed E-state index contributed by atoms with van der Waals surface area (Å²) in [6, 6.07) is 5.85. The summed E-state index contributed by atoms with van der Waals surface area (Å²) < 4.78 is 16.2. The molecule has 0 radical (unpaired) electrons. The minimum Gasteiger partial charge on any atom is -0.497 e. The Bertz CT molecular complexity index is 469. The van der Waals surface area contributed by atoms with E-state index in [-0.39, 0.29) is 11.9 Å². The first kappa shape index (κ1) is 11.4. The highest BCUT2D eigenvalue weighted by molar-refractivity contribution is 5.70. The van der Waals surface area contributed by atoms with Gasteiger partial charge in [-0.05, 0) is 30.2 Å². The van der Waals surface area contributed by atoms with Crippen molar-refractivity contribution in [1.82, 2.24) is 0 Å². The van der Waals surface area contributed by atoms with Crippen LogP contribution < -0.4 is 9.47 Å². The quantitative estimate of drug-likeness (QED) is 0.711.